The molecule has 2 aromatic rings. The number of benzene rings is 1. The molecule has 1 heterocycles. The van der Waals surface area contributed by atoms with Gasteiger partial charge in [-0.2, -0.15) is 0 Å². The second-order valence-electron chi connectivity index (χ2n) is 5.20. The van der Waals surface area contributed by atoms with E-state index in [4.69, 9.17) is 23.2 Å². The van der Waals surface area contributed by atoms with Gasteiger partial charge in [0.15, 0.2) is 0 Å². The summed E-state index contributed by atoms with van der Waals surface area (Å²) in [5.41, 5.74) is 1.48. The van der Waals surface area contributed by atoms with Gasteiger partial charge in [-0.1, -0.05) is 11.6 Å². The molecule has 0 fully saturated rings. The minimum atomic E-state index is -0.443. The molecule has 20 heavy (non-hydrogen) atoms. The summed E-state index contributed by atoms with van der Waals surface area (Å²) in [6.07, 6.45) is 0.646. The molecule has 0 spiro atoms. The van der Waals surface area contributed by atoms with Gasteiger partial charge in [-0.05, 0) is 27.1 Å². The van der Waals surface area contributed by atoms with Crippen molar-refractivity contribution < 1.29 is 4.39 Å². The van der Waals surface area contributed by atoms with Crippen molar-refractivity contribution in [3.8, 4) is 0 Å². The Balaban J connectivity index is 2.58. The highest BCUT2D eigenvalue weighted by Crippen LogP contribution is 2.27. The SMILES string of the molecule is CC(CN(C)C)n1c(CCCl)nc2cc(F)c(Cl)cc21. The Labute approximate surface area is 128 Å². The predicted octanol–water partition coefficient (Wildman–Crippen LogP) is 3.73. The number of imidazole rings is 1. The summed E-state index contributed by atoms with van der Waals surface area (Å²) in [4.78, 5) is 6.60. The molecule has 0 radical (unpaired) electrons. The number of aryl methyl sites for hydroxylation is 1. The molecule has 1 unspecified atom stereocenters. The van der Waals surface area contributed by atoms with Crippen molar-refractivity contribution >= 4 is 34.2 Å². The van der Waals surface area contributed by atoms with Crippen LogP contribution >= 0.6 is 23.2 Å². The van der Waals surface area contributed by atoms with Crippen LogP contribution in [0.3, 0.4) is 0 Å². The molecule has 0 saturated heterocycles. The van der Waals surface area contributed by atoms with Crippen molar-refractivity contribution in [2.45, 2.75) is 19.4 Å². The second-order valence-corrected chi connectivity index (χ2v) is 5.99. The highest BCUT2D eigenvalue weighted by molar-refractivity contribution is 6.31. The number of nitrogens with zero attached hydrogens (tertiary/aromatic N) is 3. The molecule has 0 bridgehead atoms. The van der Waals surface area contributed by atoms with E-state index in [2.05, 4.69) is 21.4 Å². The van der Waals surface area contributed by atoms with E-state index in [1.54, 1.807) is 6.07 Å². The topological polar surface area (TPSA) is 21.1 Å². The maximum absolute atomic E-state index is 13.6. The van der Waals surface area contributed by atoms with Crippen molar-refractivity contribution in [3.63, 3.8) is 0 Å². The Hall–Kier alpha value is -0.840. The van der Waals surface area contributed by atoms with Crippen LogP contribution in [0.2, 0.25) is 5.02 Å². The number of alkyl halides is 1. The number of aromatic nitrogens is 2. The molecular weight excluding hydrogens is 300 g/mol. The summed E-state index contributed by atoms with van der Waals surface area (Å²) in [6, 6.07) is 3.23. The number of fused-ring (bicyclic) bond motifs is 1. The van der Waals surface area contributed by atoms with Gasteiger partial charge in [0.25, 0.3) is 0 Å². The van der Waals surface area contributed by atoms with Crippen LogP contribution in [0, 0.1) is 5.82 Å². The number of hydrogen-bond acceptors (Lipinski definition) is 2. The minimum absolute atomic E-state index is 0.119. The summed E-state index contributed by atoms with van der Waals surface area (Å²) >= 11 is 11.7. The van der Waals surface area contributed by atoms with Crippen molar-refractivity contribution in [2.24, 2.45) is 0 Å². The van der Waals surface area contributed by atoms with E-state index in [1.807, 2.05) is 14.1 Å². The molecule has 0 aliphatic heterocycles. The van der Waals surface area contributed by atoms with Crippen LogP contribution in [0.1, 0.15) is 18.8 Å². The largest absolute Gasteiger partial charge is 0.324 e. The Morgan fingerprint density at radius 3 is 2.70 bits per heavy atom. The highest BCUT2D eigenvalue weighted by Gasteiger charge is 2.18. The molecule has 0 aliphatic carbocycles. The molecule has 1 aromatic heterocycles. The fourth-order valence-corrected chi connectivity index (χ4v) is 2.83. The van der Waals surface area contributed by atoms with Gasteiger partial charge < -0.3 is 9.47 Å². The van der Waals surface area contributed by atoms with Gasteiger partial charge in [-0.3, -0.25) is 0 Å². The number of rotatable bonds is 5. The fourth-order valence-electron chi connectivity index (χ4n) is 2.50. The standard InChI is InChI=1S/C14H18Cl2FN3/c1-9(8-19(2)3)20-13-6-10(16)11(17)7-12(13)18-14(20)4-5-15/h6-7,9H,4-5,8H2,1-3H3. The van der Waals surface area contributed by atoms with Crippen molar-refractivity contribution in [3.05, 3.63) is 28.8 Å². The van der Waals surface area contributed by atoms with Crippen LogP contribution in [0.15, 0.2) is 12.1 Å². The molecule has 2 rings (SSSR count). The smallest absolute Gasteiger partial charge is 0.144 e. The lowest BCUT2D eigenvalue weighted by atomic mass is 10.2. The zero-order valence-corrected chi connectivity index (χ0v) is 13.3. The molecule has 1 atom stereocenters. The van der Waals surface area contributed by atoms with Gasteiger partial charge in [0.05, 0.1) is 16.1 Å². The number of halogens is 3. The van der Waals surface area contributed by atoms with Gasteiger partial charge in [0.2, 0.25) is 0 Å². The van der Waals surface area contributed by atoms with E-state index >= 15 is 0 Å². The van der Waals surface area contributed by atoms with Crippen molar-refractivity contribution in [2.75, 3.05) is 26.5 Å². The average molecular weight is 318 g/mol. The molecule has 3 nitrogen and oxygen atoms in total. The fraction of sp³-hybridized carbons (Fsp3) is 0.500. The summed E-state index contributed by atoms with van der Waals surface area (Å²) in [6.45, 7) is 2.96. The predicted molar refractivity (Wildman–Crippen MR) is 82.4 cm³/mol. The number of likely N-dealkylation sites (N-methyl/N-ethyl adjacent to an activating group) is 1. The van der Waals surface area contributed by atoms with Gasteiger partial charge >= 0.3 is 0 Å². The first-order valence-electron chi connectivity index (χ1n) is 6.50. The third kappa shape index (κ3) is 3.08. The maximum atomic E-state index is 13.6. The van der Waals surface area contributed by atoms with Crippen LogP contribution in [0.5, 0.6) is 0 Å². The maximum Gasteiger partial charge on any atom is 0.144 e. The average Bonchev–Trinajstić information content (AvgIpc) is 2.67. The van der Waals surface area contributed by atoms with Gasteiger partial charge in [-0.25, -0.2) is 9.37 Å². The van der Waals surface area contributed by atoms with Crippen LogP contribution in [0.25, 0.3) is 11.0 Å². The van der Waals surface area contributed by atoms with E-state index in [0.717, 1.165) is 17.9 Å². The molecule has 1 aromatic carbocycles. The lowest BCUT2D eigenvalue weighted by Crippen LogP contribution is -2.23. The van der Waals surface area contributed by atoms with Gasteiger partial charge in [-0.15, -0.1) is 11.6 Å². The number of hydrogen-bond donors (Lipinski definition) is 0. The van der Waals surface area contributed by atoms with Gasteiger partial charge in [0, 0.05) is 31.0 Å². The Morgan fingerprint density at radius 1 is 1.40 bits per heavy atom. The Kier molecular flexibility index (Phi) is 4.89. The quantitative estimate of drug-likeness (QED) is 0.783. The Bertz CT molecular complexity index is 610. The summed E-state index contributed by atoms with van der Waals surface area (Å²) in [7, 11) is 4.03. The molecule has 0 amide bonds. The second kappa shape index (κ2) is 6.29. The monoisotopic (exact) mass is 317 g/mol. The molecule has 0 aliphatic rings. The van der Waals surface area contributed by atoms with Crippen LogP contribution in [-0.4, -0.2) is 41.0 Å². The van der Waals surface area contributed by atoms with E-state index in [9.17, 15) is 4.39 Å². The van der Waals surface area contributed by atoms with Crippen molar-refractivity contribution in [1.82, 2.24) is 14.5 Å². The van der Waals surface area contributed by atoms with E-state index in [-0.39, 0.29) is 11.1 Å². The van der Waals surface area contributed by atoms with Crippen molar-refractivity contribution in [1.29, 1.82) is 0 Å². The zero-order valence-electron chi connectivity index (χ0n) is 11.8. The van der Waals surface area contributed by atoms with E-state index in [1.165, 1.54) is 6.07 Å². The lowest BCUT2D eigenvalue weighted by molar-refractivity contribution is 0.337. The third-order valence-corrected chi connectivity index (χ3v) is 3.67. The summed E-state index contributed by atoms with van der Waals surface area (Å²) in [5, 5.41) is 0.119. The molecular formula is C14H18Cl2FN3. The summed E-state index contributed by atoms with van der Waals surface area (Å²) < 4.78 is 15.7. The van der Waals surface area contributed by atoms with E-state index in [0.29, 0.717) is 17.8 Å². The first kappa shape index (κ1) is 15.5. The normalized spacial score (nSPS) is 13.3. The lowest BCUT2D eigenvalue weighted by Gasteiger charge is -2.21. The molecule has 110 valence electrons. The first-order valence-corrected chi connectivity index (χ1v) is 7.41. The van der Waals surface area contributed by atoms with E-state index < -0.39 is 5.82 Å². The Morgan fingerprint density at radius 2 is 2.10 bits per heavy atom. The van der Waals surface area contributed by atoms with Crippen LogP contribution in [0.4, 0.5) is 4.39 Å². The minimum Gasteiger partial charge on any atom is -0.324 e. The highest BCUT2D eigenvalue weighted by atomic mass is 35.5. The van der Waals surface area contributed by atoms with Crippen LogP contribution < -0.4 is 0 Å². The summed E-state index contributed by atoms with van der Waals surface area (Å²) in [5.74, 6) is 0.904. The third-order valence-electron chi connectivity index (χ3n) is 3.19. The molecule has 0 N–H and O–H groups in total. The molecule has 0 saturated carbocycles. The van der Waals surface area contributed by atoms with Gasteiger partial charge in [0.1, 0.15) is 11.6 Å². The zero-order chi connectivity index (χ0) is 14.9. The van der Waals surface area contributed by atoms with Crippen LogP contribution in [-0.2, 0) is 6.42 Å². The first-order chi connectivity index (χ1) is 9.43. The molecule has 6 heteroatoms.